The number of halogens is 1. The molecule has 1 atom stereocenters. The van der Waals surface area contributed by atoms with Crippen LogP contribution in [-0.2, 0) is 9.59 Å². The fraction of sp³-hybridized carbons (Fsp3) is 0.100. The van der Waals surface area contributed by atoms with E-state index in [1.807, 2.05) is 6.92 Å². The first-order valence-electron chi connectivity index (χ1n) is 8.37. The second-order valence-corrected chi connectivity index (χ2v) is 7.12. The molecule has 1 amide bonds. The van der Waals surface area contributed by atoms with Gasteiger partial charge in [-0.25, -0.2) is 4.39 Å². The lowest BCUT2D eigenvalue weighted by Crippen LogP contribution is -2.29. The van der Waals surface area contributed by atoms with Crippen LogP contribution in [0, 0.1) is 12.7 Å². The smallest absolute Gasteiger partial charge is 0.301 e. The maximum Gasteiger partial charge on any atom is 0.301 e. The maximum absolute atomic E-state index is 13.4. The molecule has 1 aliphatic rings. The van der Waals surface area contributed by atoms with Crippen LogP contribution in [-0.4, -0.2) is 27.0 Å². The molecule has 0 radical (unpaired) electrons. The van der Waals surface area contributed by atoms with E-state index in [0.29, 0.717) is 11.1 Å². The number of hydrogen-bond donors (Lipinski definition) is 1. The predicted octanol–water partition coefficient (Wildman–Crippen LogP) is 3.61. The lowest BCUT2D eigenvalue weighted by atomic mass is 9.95. The molecule has 2 heterocycles. The lowest BCUT2D eigenvalue weighted by Gasteiger charge is -2.22. The van der Waals surface area contributed by atoms with Gasteiger partial charge in [-0.1, -0.05) is 53.3 Å². The Morgan fingerprint density at radius 3 is 2.39 bits per heavy atom. The van der Waals surface area contributed by atoms with Gasteiger partial charge in [-0.05, 0) is 24.6 Å². The zero-order valence-corrected chi connectivity index (χ0v) is 15.5. The molecule has 0 saturated carbocycles. The molecule has 1 N–H and O–H groups in total. The summed E-state index contributed by atoms with van der Waals surface area (Å²) in [4.78, 5) is 26.8. The summed E-state index contributed by atoms with van der Waals surface area (Å²) >= 11 is 1.09. The molecule has 1 aliphatic heterocycles. The molecule has 1 saturated heterocycles. The molecule has 4 rings (SSSR count). The molecule has 0 aliphatic carbocycles. The molecule has 1 fully saturated rings. The summed E-state index contributed by atoms with van der Waals surface area (Å²) in [5.41, 5.74) is 3.24. The number of carbonyl (C=O) groups is 2. The Morgan fingerprint density at radius 1 is 1.11 bits per heavy atom. The van der Waals surface area contributed by atoms with Gasteiger partial charge in [-0.15, -0.1) is 10.2 Å². The number of ketones is 1. The number of aliphatic hydroxyl groups excluding tert-OH is 1. The van der Waals surface area contributed by atoms with Crippen LogP contribution < -0.4 is 4.90 Å². The highest BCUT2D eigenvalue weighted by atomic mass is 32.1. The lowest BCUT2D eigenvalue weighted by molar-refractivity contribution is -0.132. The summed E-state index contributed by atoms with van der Waals surface area (Å²) < 4.78 is 13.4. The van der Waals surface area contributed by atoms with Crippen molar-refractivity contribution in [3.8, 4) is 0 Å². The predicted molar refractivity (Wildman–Crippen MR) is 102 cm³/mol. The molecule has 8 heteroatoms. The Labute approximate surface area is 163 Å². The fourth-order valence-corrected chi connectivity index (χ4v) is 3.71. The average molecular weight is 395 g/mol. The first-order valence-corrected chi connectivity index (χ1v) is 9.25. The van der Waals surface area contributed by atoms with E-state index in [1.54, 1.807) is 24.3 Å². The van der Waals surface area contributed by atoms with Crippen molar-refractivity contribution >= 4 is 33.9 Å². The van der Waals surface area contributed by atoms with Crippen LogP contribution in [0.25, 0.3) is 5.76 Å². The third-order valence-electron chi connectivity index (χ3n) is 4.51. The van der Waals surface area contributed by atoms with Crippen LogP contribution in [0.2, 0.25) is 0 Å². The van der Waals surface area contributed by atoms with Crippen molar-refractivity contribution in [3.63, 3.8) is 0 Å². The van der Waals surface area contributed by atoms with E-state index in [0.717, 1.165) is 16.9 Å². The molecule has 6 nitrogen and oxygen atoms in total. The summed E-state index contributed by atoms with van der Waals surface area (Å²) in [6.07, 6.45) is 0. The van der Waals surface area contributed by atoms with E-state index < -0.39 is 23.5 Å². The summed E-state index contributed by atoms with van der Waals surface area (Å²) in [5, 5.41) is 18.7. The molecule has 2 aromatic carbocycles. The van der Waals surface area contributed by atoms with Crippen LogP contribution in [0.15, 0.2) is 59.6 Å². The molecule has 3 aromatic rings. The van der Waals surface area contributed by atoms with Crippen LogP contribution >= 0.6 is 11.3 Å². The van der Waals surface area contributed by atoms with Gasteiger partial charge in [-0.2, -0.15) is 0 Å². The highest BCUT2D eigenvalue weighted by Gasteiger charge is 2.48. The number of carbonyl (C=O) groups excluding carboxylic acids is 2. The number of benzene rings is 2. The molecular weight excluding hydrogens is 381 g/mol. The minimum atomic E-state index is -0.935. The fourth-order valence-electron chi connectivity index (χ4n) is 3.13. The Hall–Kier alpha value is -3.39. The quantitative estimate of drug-likeness (QED) is 0.416. The first kappa shape index (κ1) is 18.0. The Kier molecular flexibility index (Phi) is 4.48. The number of aliphatic hydroxyl groups is 1. The van der Waals surface area contributed by atoms with Crippen LogP contribution in [0.5, 0.6) is 0 Å². The summed E-state index contributed by atoms with van der Waals surface area (Å²) in [7, 11) is 0. The number of hydrogen-bond acceptors (Lipinski definition) is 6. The number of aryl methyl sites for hydroxylation is 1. The summed E-state index contributed by atoms with van der Waals surface area (Å²) in [5.74, 6) is -2.39. The van der Waals surface area contributed by atoms with Crippen LogP contribution in [0.3, 0.4) is 0 Å². The molecule has 0 spiro atoms. The number of anilines is 1. The number of nitrogens with zero attached hydrogens (tertiary/aromatic N) is 3. The topological polar surface area (TPSA) is 83.4 Å². The third kappa shape index (κ3) is 2.97. The van der Waals surface area contributed by atoms with E-state index in [-0.39, 0.29) is 16.5 Å². The largest absolute Gasteiger partial charge is 0.507 e. The van der Waals surface area contributed by atoms with Gasteiger partial charge < -0.3 is 5.11 Å². The maximum atomic E-state index is 13.4. The van der Waals surface area contributed by atoms with E-state index in [4.69, 9.17) is 0 Å². The van der Waals surface area contributed by atoms with E-state index in [1.165, 1.54) is 34.7 Å². The number of Topliss-reactive ketones (excluding diaryl/α,β-unsaturated/α-hetero) is 1. The summed E-state index contributed by atoms with van der Waals surface area (Å²) in [6.45, 7) is 1.90. The van der Waals surface area contributed by atoms with Gasteiger partial charge in [0.05, 0.1) is 11.6 Å². The average Bonchev–Trinajstić information content (AvgIpc) is 3.30. The summed E-state index contributed by atoms with van der Waals surface area (Å²) in [6, 6.07) is 11.4. The van der Waals surface area contributed by atoms with E-state index >= 15 is 0 Å². The van der Waals surface area contributed by atoms with Crippen molar-refractivity contribution in [2.45, 2.75) is 13.0 Å². The van der Waals surface area contributed by atoms with Crippen molar-refractivity contribution in [1.82, 2.24) is 10.2 Å². The number of aromatic nitrogens is 2. The molecular formula is C20H14FN3O3S. The van der Waals surface area contributed by atoms with E-state index in [9.17, 15) is 19.1 Å². The normalized spacial score (nSPS) is 18.6. The standard InChI is InChI=1S/C20H14FN3O3S/c1-11-2-4-13(5-3-11)17(25)15-16(12-6-8-14(21)9-7-12)24(19(27)18(15)26)20-23-22-10-28-20/h2-10,16,25H,1H3/t16-/m1/s1. The SMILES string of the molecule is Cc1ccc(C(O)=C2C(=O)C(=O)N(c3nncs3)[C@@H]2c2ccc(F)cc2)cc1. The molecule has 0 bridgehead atoms. The van der Waals surface area contributed by atoms with Crippen LogP contribution in [0.1, 0.15) is 22.7 Å². The molecule has 140 valence electrons. The van der Waals surface area contributed by atoms with Crippen LogP contribution in [0.4, 0.5) is 9.52 Å². The number of amides is 1. The zero-order chi connectivity index (χ0) is 19.8. The van der Waals surface area contributed by atoms with Gasteiger partial charge >= 0.3 is 5.91 Å². The van der Waals surface area contributed by atoms with Crippen molar-refractivity contribution in [2.24, 2.45) is 0 Å². The third-order valence-corrected chi connectivity index (χ3v) is 5.20. The second-order valence-electron chi connectivity index (χ2n) is 6.31. The van der Waals surface area contributed by atoms with Gasteiger partial charge in [0, 0.05) is 5.56 Å². The van der Waals surface area contributed by atoms with Crippen molar-refractivity contribution in [1.29, 1.82) is 0 Å². The minimum Gasteiger partial charge on any atom is -0.507 e. The number of rotatable bonds is 3. The minimum absolute atomic E-state index is 0.0735. The van der Waals surface area contributed by atoms with Gasteiger partial charge in [0.2, 0.25) is 5.13 Å². The second kappa shape index (κ2) is 6.97. The van der Waals surface area contributed by atoms with E-state index in [2.05, 4.69) is 10.2 Å². The highest BCUT2D eigenvalue weighted by Crippen LogP contribution is 2.42. The Bertz CT molecular complexity index is 1080. The molecule has 0 unspecified atom stereocenters. The molecule has 1 aromatic heterocycles. The Balaban J connectivity index is 1.93. The van der Waals surface area contributed by atoms with Gasteiger partial charge in [0.25, 0.3) is 5.78 Å². The van der Waals surface area contributed by atoms with Crippen molar-refractivity contribution in [2.75, 3.05) is 4.90 Å². The van der Waals surface area contributed by atoms with Gasteiger partial charge in [0.15, 0.2) is 0 Å². The van der Waals surface area contributed by atoms with Gasteiger partial charge in [-0.3, -0.25) is 14.5 Å². The Morgan fingerprint density at radius 2 is 1.79 bits per heavy atom. The molecule has 28 heavy (non-hydrogen) atoms. The van der Waals surface area contributed by atoms with Crippen molar-refractivity contribution in [3.05, 3.63) is 82.1 Å². The zero-order valence-electron chi connectivity index (χ0n) is 14.7. The monoisotopic (exact) mass is 395 g/mol. The van der Waals surface area contributed by atoms with Crippen molar-refractivity contribution < 1.29 is 19.1 Å². The highest BCUT2D eigenvalue weighted by molar-refractivity contribution is 7.13. The first-order chi connectivity index (χ1) is 13.5. The van der Waals surface area contributed by atoms with Gasteiger partial charge in [0.1, 0.15) is 17.1 Å².